The Labute approximate surface area is 234 Å². The van der Waals surface area contributed by atoms with E-state index in [-0.39, 0.29) is 36.8 Å². The zero-order valence-corrected chi connectivity index (χ0v) is 22.2. The molecule has 1 N–H and O–H groups in total. The maximum absolute atomic E-state index is 12.9. The van der Waals surface area contributed by atoms with Gasteiger partial charge in [0.1, 0.15) is 18.1 Å². The molecule has 0 atom stereocenters. The fourth-order valence-electron chi connectivity index (χ4n) is 3.99. The summed E-state index contributed by atoms with van der Waals surface area (Å²) in [5.74, 6) is 0.460. The molecular formula is C30H23ClN2O5S. The van der Waals surface area contributed by atoms with Crippen LogP contribution in [0.25, 0.3) is 16.8 Å². The van der Waals surface area contributed by atoms with Crippen molar-refractivity contribution in [3.05, 3.63) is 106 Å². The number of fused-ring (bicyclic) bond motifs is 1. The van der Waals surface area contributed by atoms with Crippen molar-refractivity contribution < 1.29 is 23.9 Å². The van der Waals surface area contributed by atoms with E-state index in [1.807, 2.05) is 42.5 Å². The van der Waals surface area contributed by atoms with Gasteiger partial charge in [0.2, 0.25) is 0 Å². The molecule has 0 radical (unpaired) electrons. The molecule has 1 saturated heterocycles. The number of benzene rings is 4. The Balaban J connectivity index is 1.17. The maximum Gasteiger partial charge on any atom is 0.293 e. The predicted molar refractivity (Wildman–Crippen MR) is 154 cm³/mol. The second-order valence-corrected chi connectivity index (χ2v) is 10.0. The standard InChI is InChI=1S/C30H23ClN2O5S/c31-22-11-13-23(14-12-22)32-28(34)19-38-24-8-3-5-20(17-24)18-27-29(35)33(30(36)39-27)15-16-37-26-10-4-7-21-6-1-2-9-25(21)26/h1-14,17-18H,15-16,19H2,(H,32,34)/b27-18-. The number of nitrogens with one attached hydrogen (secondary N) is 1. The van der Waals surface area contributed by atoms with Crippen molar-refractivity contribution in [1.82, 2.24) is 4.90 Å². The van der Waals surface area contributed by atoms with Gasteiger partial charge in [-0.3, -0.25) is 19.3 Å². The van der Waals surface area contributed by atoms with E-state index in [9.17, 15) is 14.4 Å². The van der Waals surface area contributed by atoms with Gasteiger partial charge < -0.3 is 14.8 Å². The van der Waals surface area contributed by atoms with Crippen LogP contribution >= 0.6 is 23.4 Å². The number of hydrogen-bond acceptors (Lipinski definition) is 6. The Hall–Kier alpha value is -4.27. The van der Waals surface area contributed by atoms with Crippen LogP contribution in [0.5, 0.6) is 11.5 Å². The van der Waals surface area contributed by atoms with Crippen molar-refractivity contribution in [3.63, 3.8) is 0 Å². The van der Waals surface area contributed by atoms with E-state index < -0.39 is 0 Å². The number of rotatable bonds is 9. The average molecular weight is 559 g/mol. The molecule has 3 amide bonds. The summed E-state index contributed by atoms with van der Waals surface area (Å²) in [7, 11) is 0. The van der Waals surface area contributed by atoms with Gasteiger partial charge in [0, 0.05) is 16.1 Å². The summed E-state index contributed by atoms with van der Waals surface area (Å²) in [5.41, 5.74) is 1.28. The van der Waals surface area contributed by atoms with Crippen molar-refractivity contribution in [2.75, 3.05) is 25.1 Å². The van der Waals surface area contributed by atoms with Gasteiger partial charge in [-0.15, -0.1) is 0 Å². The molecule has 0 bridgehead atoms. The second kappa shape index (κ2) is 12.1. The summed E-state index contributed by atoms with van der Waals surface area (Å²) in [6.07, 6.45) is 1.64. The van der Waals surface area contributed by atoms with E-state index in [0.717, 1.165) is 22.5 Å². The smallest absolute Gasteiger partial charge is 0.293 e. The Kier molecular flexibility index (Phi) is 8.15. The molecule has 9 heteroatoms. The summed E-state index contributed by atoms with van der Waals surface area (Å²) in [6, 6.07) is 27.4. The van der Waals surface area contributed by atoms with Gasteiger partial charge in [0.15, 0.2) is 6.61 Å². The van der Waals surface area contributed by atoms with Crippen LogP contribution in [0, 0.1) is 0 Å². The molecule has 0 aliphatic carbocycles. The third kappa shape index (κ3) is 6.60. The zero-order valence-electron chi connectivity index (χ0n) is 20.6. The molecule has 196 valence electrons. The first-order valence-corrected chi connectivity index (χ1v) is 13.3. The molecule has 1 aliphatic heterocycles. The van der Waals surface area contributed by atoms with Crippen LogP contribution in [-0.4, -0.2) is 41.7 Å². The lowest BCUT2D eigenvalue weighted by atomic mass is 10.1. The average Bonchev–Trinajstić information content (AvgIpc) is 3.21. The van der Waals surface area contributed by atoms with Crippen LogP contribution in [-0.2, 0) is 9.59 Å². The number of carbonyl (C=O) groups is 3. The van der Waals surface area contributed by atoms with Crippen LogP contribution < -0.4 is 14.8 Å². The molecule has 0 aromatic heterocycles. The molecule has 1 aliphatic rings. The first-order chi connectivity index (χ1) is 19.0. The fraction of sp³-hybridized carbons (Fsp3) is 0.100. The molecule has 1 fully saturated rings. The summed E-state index contributed by atoms with van der Waals surface area (Å²) in [5, 5.41) is 4.98. The van der Waals surface area contributed by atoms with Gasteiger partial charge in [-0.25, -0.2) is 0 Å². The molecule has 4 aromatic rings. The number of amides is 3. The molecule has 5 rings (SSSR count). The number of halogens is 1. The van der Waals surface area contributed by atoms with Gasteiger partial charge in [-0.05, 0) is 71.3 Å². The number of hydrogen-bond donors (Lipinski definition) is 1. The lowest BCUT2D eigenvalue weighted by molar-refractivity contribution is -0.123. The number of ether oxygens (including phenoxy) is 2. The first-order valence-electron chi connectivity index (χ1n) is 12.1. The van der Waals surface area contributed by atoms with Crippen molar-refractivity contribution >= 4 is 63.0 Å². The molecular weight excluding hydrogens is 536 g/mol. The van der Waals surface area contributed by atoms with E-state index in [1.165, 1.54) is 4.90 Å². The second-order valence-electron chi connectivity index (χ2n) is 8.58. The van der Waals surface area contributed by atoms with Crippen LogP contribution in [0.15, 0.2) is 95.9 Å². The SMILES string of the molecule is O=C(COc1cccc(/C=C2\SC(=O)N(CCOc3cccc4ccccc34)C2=O)c1)Nc1ccc(Cl)cc1. The third-order valence-electron chi connectivity index (χ3n) is 5.85. The zero-order chi connectivity index (χ0) is 27.2. The Morgan fingerprint density at radius 3 is 2.54 bits per heavy atom. The number of nitrogens with zero attached hydrogens (tertiary/aromatic N) is 1. The highest BCUT2D eigenvalue weighted by atomic mass is 35.5. The maximum atomic E-state index is 12.9. The number of anilines is 1. The van der Waals surface area contributed by atoms with Crippen LogP contribution in [0.1, 0.15) is 5.56 Å². The molecule has 0 saturated carbocycles. The van der Waals surface area contributed by atoms with Gasteiger partial charge in [0.05, 0.1) is 11.4 Å². The molecule has 4 aromatic carbocycles. The first kappa shape index (κ1) is 26.3. The van der Waals surface area contributed by atoms with Gasteiger partial charge >= 0.3 is 0 Å². The predicted octanol–water partition coefficient (Wildman–Crippen LogP) is 6.63. The van der Waals surface area contributed by atoms with Gasteiger partial charge in [-0.2, -0.15) is 0 Å². The minimum Gasteiger partial charge on any atom is -0.491 e. The number of thioether (sulfide) groups is 1. The quantitative estimate of drug-likeness (QED) is 0.232. The normalized spacial score (nSPS) is 14.2. The van der Waals surface area contributed by atoms with Gasteiger partial charge in [0.25, 0.3) is 17.1 Å². The van der Waals surface area contributed by atoms with Crippen LogP contribution in [0.4, 0.5) is 10.5 Å². The fourth-order valence-corrected chi connectivity index (χ4v) is 4.98. The highest BCUT2D eigenvalue weighted by Crippen LogP contribution is 2.33. The summed E-state index contributed by atoms with van der Waals surface area (Å²) in [6.45, 7) is 0.122. The van der Waals surface area contributed by atoms with E-state index in [0.29, 0.717) is 32.7 Å². The van der Waals surface area contributed by atoms with E-state index in [2.05, 4.69) is 5.32 Å². The Bertz CT molecular complexity index is 1570. The number of carbonyl (C=O) groups excluding carboxylic acids is 3. The minimum atomic E-state index is -0.375. The summed E-state index contributed by atoms with van der Waals surface area (Å²) >= 11 is 6.74. The van der Waals surface area contributed by atoms with Crippen molar-refractivity contribution in [3.8, 4) is 11.5 Å². The molecule has 0 unspecified atom stereocenters. The molecule has 7 nitrogen and oxygen atoms in total. The number of imide groups is 1. The highest BCUT2D eigenvalue weighted by Gasteiger charge is 2.34. The monoisotopic (exact) mass is 558 g/mol. The van der Waals surface area contributed by atoms with E-state index >= 15 is 0 Å². The van der Waals surface area contributed by atoms with E-state index in [4.69, 9.17) is 21.1 Å². The highest BCUT2D eigenvalue weighted by molar-refractivity contribution is 8.18. The Morgan fingerprint density at radius 2 is 1.69 bits per heavy atom. The third-order valence-corrected chi connectivity index (χ3v) is 7.01. The summed E-state index contributed by atoms with van der Waals surface area (Å²) < 4.78 is 11.5. The van der Waals surface area contributed by atoms with Crippen molar-refractivity contribution in [1.29, 1.82) is 0 Å². The molecule has 39 heavy (non-hydrogen) atoms. The molecule has 1 heterocycles. The van der Waals surface area contributed by atoms with Gasteiger partial charge in [-0.1, -0.05) is 60.1 Å². The lowest BCUT2D eigenvalue weighted by Gasteiger charge is -2.14. The van der Waals surface area contributed by atoms with Crippen molar-refractivity contribution in [2.45, 2.75) is 0 Å². The largest absolute Gasteiger partial charge is 0.491 e. The van der Waals surface area contributed by atoms with Crippen LogP contribution in [0.2, 0.25) is 5.02 Å². The topological polar surface area (TPSA) is 84.9 Å². The van der Waals surface area contributed by atoms with Crippen molar-refractivity contribution in [2.24, 2.45) is 0 Å². The summed E-state index contributed by atoms with van der Waals surface area (Å²) in [4.78, 5) is 39.2. The van der Waals surface area contributed by atoms with Crippen LogP contribution in [0.3, 0.4) is 0 Å². The molecule has 0 spiro atoms. The Morgan fingerprint density at radius 1 is 0.923 bits per heavy atom. The van der Waals surface area contributed by atoms with E-state index in [1.54, 1.807) is 54.6 Å². The minimum absolute atomic E-state index is 0.136. The lowest BCUT2D eigenvalue weighted by Crippen LogP contribution is -2.32.